The van der Waals surface area contributed by atoms with Gasteiger partial charge >= 0.3 is 0 Å². The maximum atomic E-state index is 6.23. The molecule has 1 aliphatic carbocycles. The number of hydrogen-bond donors (Lipinski definition) is 1. The van der Waals surface area contributed by atoms with Crippen LogP contribution in [-0.2, 0) is 14.2 Å². The first-order valence-electron chi connectivity index (χ1n) is 8.42. The Hall–Kier alpha value is 0.130. The predicted octanol–water partition coefficient (Wildman–Crippen LogP) is 2.83. The summed E-state index contributed by atoms with van der Waals surface area (Å²) in [5, 5.41) is 3.79. The Kier molecular flexibility index (Phi) is 12.6. The molecule has 1 fully saturated rings. The molecule has 1 aliphatic rings. The molecular weight excluding hydrogens is 290 g/mol. The molecule has 126 valence electrons. The van der Waals surface area contributed by atoms with Crippen LogP contribution in [0.4, 0.5) is 0 Å². The van der Waals surface area contributed by atoms with E-state index in [9.17, 15) is 0 Å². The number of alkyl halides is 1. The number of rotatable bonds is 14. The highest BCUT2D eigenvalue weighted by molar-refractivity contribution is 6.20. The van der Waals surface area contributed by atoms with E-state index in [0.717, 1.165) is 32.7 Å². The Morgan fingerprint density at radius 2 is 1.62 bits per heavy atom. The molecule has 0 aromatic rings. The van der Waals surface area contributed by atoms with Crippen molar-refractivity contribution in [2.24, 2.45) is 5.92 Å². The van der Waals surface area contributed by atoms with Gasteiger partial charge in [0.05, 0.1) is 33.0 Å². The summed E-state index contributed by atoms with van der Waals surface area (Å²) in [6.07, 6.45) is 6.01. The molecule has 21 heavy (non-hydrogen) atoms. The van der Waals surface area contributed by atoms with Crippen molar-refractivity contribution in [1.82, 2.24) is 5.32 Å². The lowest BCUT2D eigenvalue weighted by atomic mass is 10.1. The quantitative estimate of drug-likeness (QED) is 0.394. The summed E-state index contributed by atoms with van der Waals surface area (Å²) in [5.41, 5.74) is 0. The smallest absolute Gasteiger partial charge is 0.0701 e. The monoisotopic (exact) mass is 321 g/mol. The van der Waals surface area contributed by atoms with Crippen molar-refractivity contribution >= 4 is 11.6 Å². The molecule has 0 aliphatic heterocycles. The minimum absolute atomic E-state index is 0.367. The van der Waals surface area contributed by atoms with Gasteiger partial charge in [-0.1, -0.05) is 19.8 Å². The number of nitrogens with one attached hydrogen (secondary N) is 1. The number of ether oxygens (including phenoxy) is 3. The third kappa shape index (κ3) is 10.5. The molecule has 0 aromatic heterocycles. The van der Waals surface area contributed by atoms with E-state index in [1.807, 2.05) is 0 Å². The van der Waals surface area contributed by atoms with E-state index in [2.05, 4.69) is 12.2 Å². The molecular formula is C16H32ClNO3. The van der Waals surface area contributed by atoms with Crippen LogP contribution in [0.5, 0.6) is 0 Å². The van der Waals surface area contributed by atoms with Crippen LogP contribution in [0.1, 0.15) is 39.0 Å². The standard InChI is InChI=1S/C16H32ClNO3/c1-2-3-8-19-10-12-21-13-11-20-9-7-18-14-15-5-4-6-16(15)17/h15-16,18H,2-14H2,1H3. The maximum absolute atomic E-state index is 6.23. The van der Waals surface area contributed by atoms with Gasteiger partial charge in [-0.15, -0.1) is 11.6 Å². The van der Waals surface area contributed by atoms with E-state index >= 15 is 0 Å². The second kappa shape index (κ2) is 13.8. The summed E-state index contributed by atoms with van der Waals surface area (Å²) in [6, 6.07) is 0. The van der Waals surface area contributed by atoms with Crippen molar-refractivity contribution < 1.29 is 14.2 Å². The Balaban J connectivity index is 1.71. The van der Waals surface area contributed by atoms with Crippen molar-refractivity contribution in [3.63, 3.8) is 0 Å². The Labute approximate surface area is 134 Å². The maximum Gasteiger partial charge on any atom is 0.0701 e. The first-order valence-corrected chi connectivity index (χ1v) is 8.86. The van der Waals surface area contributed by atoms with E-state index in [0.29, 0.717) is 37.7 Å². The Morgan fingerprint density at radius 3 is 2.24 bits per heavy atom. The van der Waals surface area contributed by atoms with Crippen molar-refractivity contribution in [3.8, 4) is 0 Å². The van der Waals surface area contributed by atoms with Gasteiger partial charge in [-0.25, -0.2) is 0 Å². The van der Waals surface area contributed by atoms with Crippen molar-refractivity contribution in [3.05, 3.63) is 0 Å². The zero-order valence-electron chi connectivity index (χ0n) is 13.4. The van der Waals surface area contributed by atoms with Crippen molar-refractivity contribution in [2.45, 2.75) is 44.4 Å². The van der Waals surface area contributed by atoms with Crippen LogP contribution in [0.3, 0.4) is 0 Å². The molecule has 0 radical (unpaired) electrons. The lowest BCUT2D eigenvalue weighted by Gasteiger charge is -2.14. The normalized spacial score (nSPS) is 22.0. The summed E-state index contributed by atoms with van der Waals surface area (Å²) in [7, 11) is 0. The molecule has 1 rings (SSSR count). The summed E-state index contributed by atoms with van der Waals surface area (Å²) in [4.78, 5) is 0. The van der Waals surface area contributed by atoms with Crippen molar-refractivity contribution in [1.29, 1.82) is 0 Å². The van der Waals surface area contributed by atoms with E-state index in [1.54, 1.807) is 0 Å². The molecule has 2 atom stereocenters. The van der Waals surface area contributed by atoms with Gasteiger partial charge < -0.3 is 19.5 Å². The highest BCUT2D eigenvalue weighted by Crippen LogP contribution is 2.29. The van der Waals surface area contributed by atoms with E-state index in [-0.39, 0.29) is 0 Å². The number of hydrogen-bond acceptors (Lipinski definition) is 4. The van der Waals surface area contributed by atoms with Crippen LogP contribution in [0.2, 0.25) is 0 Å². The molecule has 5 heteroatoms. The van der Waals surface area contributed by atoms with Gasteiger partial charge in [0.15, 0.2) is 0 Å². The van der Waals surface area contributed by atoms with Crippen LogP contribution < -0.4 is 5.32 Å². The minimum Gasteiger partial charge on any atom is -0.379 e. The zero-order chi connectivity index (χ0) is 15.2. The summed E-state index contributed by atoms with van der Waals surface area (Å²) in [5.74, 6) is 0.641. The predicted molar refractivity (Wildman–Crippen MR) is 87.2 cm³/mol. The Morgan fingerprint density at radius 1 is 0.952 bits per heavy atom. The van der Waals surface area contributed by atoms with Gasteiger partial charge in [0.1, 0.15) is 0 Å². The molecule has 0 aromatic carbocycles. The topological polar surface area (TPSA) is 39.7 Å². The third-order valence-corrected chi connectivity index (χ3v) is 4.36. The molecule has 1 saturated carbocycles. The largest absolute Gasteiger partial charge is 0.379 e. The van der Waals surface area contributed by atoms with Crippen LogP contribution in [-0.4, -0.2) is 58.1 Å². The van der Waals surface area contributed by atoms with Gasteiger partial charge in [-0.05, 0) is 31.7 Å². The first kappa shape index (κ1) is 19.2. The second-order valence-electron chi connectivity index (χ2n) is 5.60. The average Bonchev–Trinajstić information content (AvgIpc) is 2.89. The summed E-state index contributed by atoms with van der Waals surface area (Å²) >= 11 is 6.23. The highest BCUT2D eigenvalue weighted by atomic mass is 35.5. The molecule has 2 unspecified atom stereocenters. The van der Waals surface area contributed by atoms with Crippen LogP contribution >= 0.6 is 11.6 Å². The number of unbranched alkanes of at least 4 members (excludes halogenated alkanes) is 1. The lowest BCUT2D eigenvalue weighted by molar-refractivity contribution is 0.0146. The van der Waals surface area contributed by atoms with E-state index in [1.165, 1.54) is 25.7 Å². The van der Waals surface area contributed by atoms with Gasteiger partial charge in [0.25, 0.3) is 0 Å². The highest BCUT2D eigenvalue weighted by Gasteiger charge is 2.24. The molecule has 0 spiro atoms. The molecule has 4 nitrogen and oxygen atoms in total. The first-order chi connectivity index (χ1) is 10.3. The number of halogens is 1. The minimum atomic E-state index is 0.367. The fraction of sp³-hybridized carbons (Fsp3) is 1.00. The van der Waals surface area contributed by atoms with Gasteiger partial charge in [0, 0.05) is 18.5 Å². The Bertz CT molecular complexity index is 232. The fourth-order valence-electron chi connectivity index (χ4n) is 2.44. The summed E-state index contributed by atoms with van der Waals surface area (Å²) in [6.45, 7) is 8.27. The van der Waals surface area contributed by atoms with Gasteiger partial charge in [-0.2, -0.15) is 0 Å². The van der Waals surface area contributed by atoms with E-state index < -0.39 is 0 Å². The van der Waals surface area contributed by atoms with Gasteiger partial charge in [0.2, 0.25) is 0 Å². The van der Waals surface area contributed by atoms with Crippen LogP contribution in [0.15, 0.2) is 0 Å². The fourth-order valence-corrected chi connectivity index (χ4v) is 2.81. The van der Waals surface area contributed by atoms with Gasteiger partial charge in [-0.3, -0.25) is 0 Å². The molecule has 0 heterocycles. The molecule has 0 amide bonds. The van der Waals surface area contributed by atoms with E-state index in [4.69, 9.17) is 25.8 Å². The average molecular weight is 322 g/mol. The SMILES string of the molecule is CCCCOCCOCCOCCNCC1CCCC1Cl. The van der Waals surface area contributed by atoms with Crippen LogP contribution in [0.25, 0.3) is 0 Å². The third-order valence-electron chi connectivity index (χ3n) is 3.78. The summed E-state index contributed by atoms with van der Waals surface area (Å²) < 4.78 is 16.3. The lowest BCUT2D eigenvalue weighted by Crippen LogP contribution is -2.28. The molecule has 0 saturated heterocycles. The zero-order valence-corrected chi connectivity index (χ0v) is 14.2. The second-order valence-corrected chi connectivity index (χ2v) is 6.16. The molecule has 1 N–H and O–H groups in total. The van der Waals surface area contributed by atoms with Crippen molar-refractivity contribution in [2.75, 3.05) is 52.7 Å². The molecule has 0 bridgehead atoms. The van der Waals surface area contributed by atoms with Crippen LogP contribution in [0, 0.1) is 5.92 Å².